The van der Waals surface area contributed by atoms with E-state index in [-0.39, 0.29) is 31.8 Å². The van der Waals surface area contributed by atoms with E-state index in [1.807, 2.05) is 0 Å². The summed E-state index contributed by atoms with van der Waals surface area (Å²) in [6, 6.07) is 1.65. The molecule has 2 heterocycles. The molecule has 0 aliphatic carbocycles. The average molecular weight is 364 g/mol. The van der Waals surface area contributed by atoms with Crippen LogP contribution in [0.3, 0.4) is 0 Å². The first-order valence-corrected chi connectivity index (χ1v) is 7.57. The van der Waals surface area contributed by atoms with Crippen molar-refractivity contribution in [2.75, 3.05) is 20.2 Å². The Morgan fingerprint density at radius 3 is 2.50 bits per heavy atom. The quantitative estimate of drug-likeness (QED) is 0.850. The third kappa shape index (κ3) is 2.82. The molecule has 1 aliphatic rings. The maximum atomic E-state index is 12.3. The van der Waals surface area contributed by atoms with Gasteiger partial charge in [-0.05, 0) is 15.9 Å². The minimum atomic E-state index is -1.72. The van der Waals surface area contributed by atoms with E-state index in [0.29, 0.717) is 10.6 Å². The molecular formula is C12H14BrNO5S. The van der Waals surface area contributed by atoms with Crippen molar-refractivity contribution in [3.05, 3.63) is 14.7 Å². The summed E-state index contributed by atoms with van der Waals surface area (Å²) in [5.41, 5.74) is -1.72. The molecule has 0 atom stereocenters. The molecule has 0 spiro atoms. The molecule has 1 aromatic heterocycles. The summed E-state index contributed by atoms with van der Waals surface area (Å²) < 4.78 is 5.84. The van der Waals surface area contributed by atoms with Crippen molar-refractivity contribution < 1.29 is 24.5 Å². The fraction of sp³-hybridized carbons (Fsp3) is 0.500. The Bertz CT molecular complexity index is 536. The zero-order valence-electron chi connectivity index (χ0n) is 10.8. The van der Waals surface area contributed by atoms with Gasteiger partial charge in [-0.2, -0.15) is 0 Å². The van der Waals surface area contributed by atoms with E-state index in [9.17, 15) is 14.7 Å². The smallest absolute Gasteiger partial charge is 0.335 e. The molecule has 2 N–H and O–H groups in total. The minimum absolute atomic E-state index is 0.0394. The Kier molecular flexibility index (Phi) is 4.36. The molecule has 0 radical (unpaired) electrons. The van der Waals surface area contributed by atoms with Gasteiger partial charge in [0.1, 0.15) is 9.54 Å². The number of aliphatic carboxylic acids is 1. The molecule has 110 valence electrons. The predicted molar refractivity (Wildman–Crippen MR) is 76.3 cm³/mol. The number of piperidine rings is 1. The summed E-state index contributed by atoms with van der Waals surface area (Å²) >= 11 is 4.58. The third-order valence-electron chi connectivity index (χ3n) is 3.36. The number of likely N-dealkylation sites (tertiary alicyclic amines) is 1. The molecule has 1 fully saturated rings. The zero-order chi connectivity index (χ0) is 14.9. The number of carboxylic acids is 1. The number of aliphatic hydroxyl groups is 1. The second kappa shape index (κ2) is 5.71. The molecule has 0 saturated carbocycles. The van der Waals surface area contributed by atoms with Gasteiger partial charge in [0.15, 0.2) is 5.60 Å². The Labute approximate surface area is 128 Å². The molecule has 0 bridgehead atoms. The summed E-state index contributed by atoms with van der Waals surface area (Å²) in [6.45, 7) is 0.443. The van der Waals surface area contributed by atoms with Crippen molar-refractivity contribution in [2.45, 2.75) is 18.4 Å². The standard InChI is InChI=1S/C12H14BrNO5S/c1-19-7-6-8(20-9(7)13)10(15)14-4-2-12(18,3-5-14)11(16)17/h6,18H,2-5H2,1H3,(H,16,17). The zero-order valence-corrected chi connectivity index (χ0v) is 13.2. The van der Waals surface area contributed by atoms with Crippen LogP contribution in [0, 0.1) is 0 Å². The highest BCUT2D eigenvalue weighted by molar-refractivity contribution is 9.11. The number of nitrogens with zero attached hydrogens (tertiary/aromatic N) is 1. The number of ether oxygens (including phenoxy) is 1. The van der Waals surface area contributed by atoms with Crippen LogP contribution >= 0.6 is 27.3 Å². The number of carbonyl (C=O) groups excluding carboxylic acids is 1. The predicted octanol–water partition coefficient (Wildman–Crippen LogP) is 1.57. The number of carbonyl (C=O) groups is 2. The summed E-state index contributed by atoms with van der Waals surface area (Å²) in [4.78, 5) is 25.3. The number of halogens is 1. The lowest BCUT2D eigenvalue weighted by Gasteiger charge is -2.35. The lowest BCUT2D eigenvalue weighted by Crippen LogP contribution is -2.50. The SMILES string of the molecule is COc1cc(C(=O)N2CCC(O)(C(=O)O)CC2)sc1Br. The van der Waals surface area contributed by atoms with E-state index in [4.69, 9.17) is 9.84 Å². The average Bonchev–Trinajstić information content (AvgIpc) is 2.80. The van der Waals surface area contributed by atoms with Crippen LogP contribution in [-0.2, 0) is 4.79 Å². The maximum Gasteiger partial charge on any atom is 0.335 e. The van der Waals surface area contributed by atoms with E-state index >= 15 is 0 Å². The van der Waals surface area contributed by atoms with Gasteiger partial charge in [0.25, 0.3) is 5.91 Å². The van der Waals surface area contributed by atoms with Gasteiger partial charge < -0.3 is 19.8 Å². The van der Waals surface area contributed by atoms with Crippen LogP contribution in [0.2, 0.25) is 0 Å². The number of hydrogen-bond donors (Lipinski definition) is 2. The molecule has 0 aromatic carbocycles. The third-order valence-corrected chi connectivity index (χ3v) is 5.13. The van der Waals surface area contributed by atoms with Crippen molar-refractivity contribution in [1.29, 1.82) is 0 Å². The van der Waals surface area contributed by atoms with Gasteiger partial charge >= 0.3 is 5.97 Å². The van der Waals surface area contributed by atoms with Crippen LogP contribution in [0.1, 0.15) is 22.5 Å². The second-order valence-electron chi connectivity index (χ2n) is 4.58. The molecular weight excluding hydrogens is 350 g/mol. The first-order chi connectivity index (χ1) is 9.37. The van der Waals surface area contributed by atoms with Crippen molar-refractivity contribution in [2.24, 2.45) is 0 Å². The van der Waals surface area contributed by atoms with Crippen LogP contribution in [0.5, 0.6) is 5.75 Å². The van der Waals surface area contributed by atoms with Crippen LogP contribution in [0.15, 0.2) is 9.85 Å². The van der Waals surface area contributed by atoms with Gasteiger partial charge in [0.2, 0.25) is 0 Å². The Balaban J connectivity index is 2.06. The Morgan fingerprint density at radius 2 is 2.05 bits per heavy atom. The number of thiophene rings is 1. The lowest BCUT2D eigenvalue weighted by molar-refractivity contribution is -0.162. The van der Waals surface area contributed by atoms with Crippen LogP contribution < -0.4 is 4.74 Å². The monoisotopic (exact) mass is 363 g/mol. The molecule has 1 amide bonds. The van der Waals surface area contributed by atoms with Crippen molar-refractivity contribution in [3.8, 4) is 5.75 Å². The summed E-state index contributed by atoms with van der Waals surface area (Å²) in [5.74, 6) is -0.811. The largest absolute Gasteiger partial charge is 0.495 e. The minimum Gasteiger partial charge on any atom is -0.495 e. The highest BCUT2D eigenvalue weighted by Crippen LogP contribution is 2.35. The number of carboxylic acid groups (broad SMARTS) is 1. The number of methoxy groups -OCH3 is 1. The summed E-state index contributed by atoms with van der Waals surface area (Å²) in [6.07, 6.45) is 0.0789. The fourth-order valence-electron chi connectivity index (χ4n) is 2.05. The van der Waals surface area contributed by atoms with E-state index in [0.717, 1.165) is 3.79 Å². The van der Waals surface area contributed by atoms with Crippen molar-refractivity contribution in [1.82, 2.24) is 4.90 Å². The van der Waals surface area contributed by atoms with Gasteiger partial charge in [0, 0.05) is 32.0 Å². The number of amides is 1. The van der Waals surface area contributed by atoms with Gasteiger partial charge in [0.05, 0.1) is 12.0 Å². The molecule has 1 saturated heterocycles. The molecule has 0 unspecified atom stereocenters. The molecule has 2 rings (SSSR count). The first kappa shape index (κ1) is 15.3. The molecule has 20 heavy (non-hydrogen) atoms. The van der Waals surface area contributed by atoms with Crippen LogP contribution in [0.4, 0.5) is 0 Å². The highest BCUT2D eigenvalue weighted by atomic mass is 79.9. The van der Waals surface area contributed by atoms with Gasteiger partial charge in [-0.3, -0.25) is 4.79 Å². The van der Waals surface area contributed by atoms with Crippen LogP contribution in [-0.4, -0.2) is 52.8 Å². The van der Waals surface area contributed by atoms with Gasteiger partial charge in [-0.1, -0.05) is 0 Å². The highest BCUT2D eigenvalue weighted by Gasteiger charge is 2.40. The van der Waals surface area contributed by atoms with E-state index in [1.54, 1.807) is 11.0 Å². The first-order valence-electron chi connectivity index (χ1n) is 5.96. The molecule has 1 aliphatic heterocycles. The topological polar surface area (TPSA) is 87.1 Å². The van der Waals surface area contributed by atoms with Gasteiger partial charge in [-0.25, -0.2) is 4.79 Å². The summed E-state index contributed by atoms with van der Waals surface area (Å²) in [7, 11) is 1.52. The molecule has 8 heteroatoms. The molecule has 1 aromatic rings. The second-order valence-corrected chi connectivity index (χ2v) is 6.95. The van der Waals surface area contributed by atoms with Gasteiger partial charge in [-0.15, -0.1) is 11.3 Å². The normalized spacial score (nSPS) is 17.9. The number of hydrogen-bond acceptors (Lipinski definition) is 5. The number of rotatable bonds is 3. The maximum absolute atomic E-state index is 12.3. The van der Waals surface area contributed by atoms with E-state index < -0.39 is 11.6 Å². The Morgan fingerprint density at radius 1 is 1.45 bits per heavy atom. The van der Waals surface area contributed by atoms with Crippen molar-refractivity contribution in [3.63, 3.8) is 0 Å². The Hall–Kier alpha value is -1.12. The summed E-state index contributed by atoms with van der Waals surface area (Å²) in [5, 5.41) is 18.8. The fourth-order valence-corrected chi connectivity index (χ4v) is 3.66. The molecule has 6 nitrogen and oxygen atoms in total. The van der Waals surface area contributed by atoms with Crippen molar-refractivity contribution >= 4 is 39.1 Å². The van der Waals surface area contributed by atoms with E-state index in [2.05, 4.69) is 15.9 Å². The van der Waals surface area contributed by atoms with Crippen LogP contribution in [0.25, 0.3) is 0 Å². The lowest BCUT2D eigenvalue weighted by atomic mass is 9.91. The van der Waals surface area contributed by atoms with E-state index in [1.165, 1.54) is 18.4 Å².